The zero-order chi connectivity index (χ0) is 24.7. The van der Waals surface area contributed by atoms with Crippen molar-refractivity contribution in [2.45, 2.75) is 58.1 Å². The molecule has 6 heteroatoms. The maximum atomic E-state index is 13.9. The van der Waals surface area contributed by atoms with Gasteiger partial charge < -0.3 is 14.8 Å². The Morgan fingerprint density at radius 3 is 2.40 bits per heavy atom. The van der Waals surface area contributed by atoms with Gasteiger partial charge in [-0.25, -0.2) is 4.39 Å². The monoisotopic (exact) mass is 493 g/mol. The molecule has 2 fully saturated rings. The highest BCUT2D eigenvalue weighted by Gasteiger charge is 2.53. The van der Waals surface area contributed by atoms with Crippen LogP contribution in [-0.4, -0.2) is 32.3 Å². The third kappa shape index (κ3) is 4.74. The molecule has 0 radical (unpaired) electrons. The second kappa shape index (κ2) is 9.40. The number of benzene rings is 2. The minimum absolute atomic E-state index is 0.0489. The van der Waals surface area contributed by atoms with Gasteiger partial charge in [0.25, 0.3) is 5.91 Å². The standard InChI is InChI=1S/C29H32FNO3S/c1-17-26(9-19-5-7-20(8-6-19)21-10-22(30)12-24(11-21)33-3)27(18(2)35-17)28(32)31-23-13-29(14-23)15-25(16-29)34-4/h5-8,10-12,23,25H,9,13-16H2,1-4H3,(H,31,32). The number of carbonyl (C=O) groups is 1. The van der Waals surface area contributed by atoms with Gasteiger partial charge in [0.15, 0.2) is 0 Å². The summed E-state index contributed by atoms with van der Waals surface area (Å²) in [4.78, 5) is 15.5. The molecule has 3 aromatic rings. The van der Waals surface area contributed by atoms with Crippen LogP contribution in [0.3, 0.4) is 0 Å². The molecule has 2 saturated carbocycles. The molecule has 35 heavy (non-hydrogen) atoms. The number of amides is 1. The molecule has 1 N–H and O–H groups in total. The van der Waals surface area contributed by atoms with E-state index in [4.69, 9.17) is 9.47 Å². The Labute approximate surface area is 210 Å². The predicted octanol–water partition coefficient (Wildman–Crippen LogP) is 6.46. The lowest BCUT2D eigenvalue weighted by Gasteiger charge is -2.57. The molecule has 2 aromatic carbocycles. The van der Waals surface area contributed by atoms with Crippen molar-refractivity contribution in [3.8, 4) is 16.9 Å². The number of methoxy groups -OCH3 is 2. The van der Waals surface area contributed by atoms with E-state index in [0.29, 0.717) is 23.7 Å². The van der Waals surface area contributed by atoms with Crippen molar-refractivity contribution in [3.05, 3.63) is 74.7 Å². The molecular formula is C29H32FNO3S. The highest BCUT2D eigenvalue weighted by atomic mass is 32.1. The highest BCUT2D eigenvalue weighted by molar-refractivity contribution is 7.12. The zero-order valence-corrected chi connectivity index (χ0v) is 21.6. The number of hydrogen-bond acceptors (Lipinski definition) is 4. The molecule has 5 rings (SSSR count). The second-order valence-corrected chi connectivity index (χ2v) is 11.6. The number of hydrogen-bond donors (Lipinski definition) is 1. The molecule has 0 aliphatic heterocycles. The Kier molecular flexibility index (Phi) is 6.45. The molecule has 0 bridgehead atoms. The molecule has 0 atom stereocenters. The van der Waals surface area contributed by atoms with Gasteiger partial charge in [0.05, 0.1) is 18.8 Å². The summed E-state index contributed by atoms with van der Waals surface area (Å²) in [5, 5.41) is 3.30. The van der Waals surface area contributed by atoms with Gasteiger partial charge in [-0.1, -0.05) is 24.3 Å². The number of carbonyl (C=O) groups excluding carboxylic acids is 1. The van der Waals surface area contributed by atoms with E-state index in [1.807, 2.05) is 25.1 Å². The maximum absolute atomic E-state index is 13.9. The van der Waals surface area contributed by atoms with Gasteiger partial charge in [0.1, 0.15) is 11.6 Å². The molecule has 0 saturated heterocycles. The van der Waals surface area contributed by atoms with Crippen molar-refractivity contribution in [3.63, 3.8) is 0 Å². The topological polar surface area (TPSA) is 47.6 Å². The first-order chi connectivity index (χ1) is 16.8. The third-order valence-electron chi connectivity index (χ3n) is 7.74. The van der Waals surface area contributed by atoms with Crippen LogP contribution >= 0.6 is 11.3 Å². The van der Waals surface area contributed by atoms with Gasteiger partial charge in [-0.05, 0) is 85.8 Å². The Morgan fingerprint density at radius 2 is 1.74 bits per heavy atom. The first kappa shape index (κ1) is 24.0. The fourth-order valence-corrected chi connectivity index (χ4v) is 6.93. The van der Waals surface area contributed by atoms with Crippen molar-refractivity contribution in [2.24, 2.45) is 5.41 Å². The quantitative estimate of drug-likeness (QED) is 0.411. The molecule has 1 amide bonds. The fraction of sp³-hybridized carbons (Fsp3) is 0.414. The average molecular weight is 494 g/mol. The Hall–Kier alpha value is -2.70. The van der Waals surface area contributed by atoms with E-state index in [1.165, 1.54) is 24.1 Å². The van der Waals surface area contributed by atoms with E-state index < -0.39 is 0 Å². The SMILES string of the molecule is COc1cc(F)cc(-c2ccc(Cc3c(C)sc(C)c3C(=O)NC3CC4(C3)CC(OC)C4)cc2)c1. The van der Waals surface area contributed by atoms with Crippen molar-refractivity contribution in [1.29, 1.82) is 0 Å². The number of aryl methyl sites for hydroxylation is 2. The predicted molar refractivity (Wildman–Crippen MR) is 138 cm³/mol. The van der Waals surface area contributed by atoms with Crippen LogP contribution < -0.4 is 10.1 Å². The van der Waals surface area contributed by atoms with Gasteiger partial charge in [0.2, 0.25) is 0 Å². The summed E-state index contributed by atoms with van der Waals surface area (Å²) in [6.07, 6.45) is 5.45. The molecule has 1 heterocycles. The Bertz CT molecular complexity index is 1240. The van der Waals surface area contributed by atoms with Crippen LogP contribution in [0.25, 0.3) is 11.1 Å². The average Bonchev–Trinajstić information content (AvgIpc) is 3.07. The van der Waals surface area contributed by atoms with E-state index in [2.05, 4.69) is 24.4 Å². The van der Waals surface area contributed by atoms with Crippen LogP contribution in [0.5, 0.6) is 5.75 Å². The normalized spacial score (nSPS) is 23.0. The van der Waals surface area contributed by atoms with Crippen molar-refractivity contribution >= 4 is 17.2 Å². The summed E-state index contributed by atoms with van der Waals surface area (Å²) in [6, 6.07) is 13.1. The first-order valence-corrected chi connectivity index (χ1v) is 13.0. The smallest absolute Gasteiger partial charge is 0.252 e. The number of halogens is 1. The molecule has 184 valence electrons. The fourth-order valence-electron chi connectivity index (χ4n) is 5.86. The zero-order valence-electron chi connectivity index (χ0n) is 20.7. The lowest BCUT2D eigenvalue weighted by atomic mass is 9.53. The number of thiophene rings is 1. The summed E-state index contributed by atoms with van der Waals surface area (Å²) in [7, 11) is 3.32. The number of nitrogens with one attached hydrogen (secondary N) is 1. The van der Waals surface area contributed by atoms with Crippen molar-refractivity contribution in [2.75, 3.05) is 14.2 Å². The van der Waals surface area contributed by atoms with Crippen LogP contribution in [0.1, 0.15) is 56.9 Å². The minimum Gasteiger partial charge on any atom is -0.497 e. The van der Waals surface area contributed by atoms with E-state index in [-0.39, 0.29) is 17.8 Å². The Morgan fingerprint density at radius 1 is 1.03 bits per heavy atom. The van der Waals surface area contributed by atoms with Gasteiger partial charge >= 0.3 is 0 Å². The second-order valence-electron chi connectivity index (χ2n) is 10.2. The van der Waals surface area contributed by atoms with E-state index in [1.54, 1.807) is 18.4 Å². The number of ether oxygens (including phenoxy) is 2. The van der Waals surface area contributed by atoms with Gasteiger partial charge in [-0.15, -0.1) is 11.3 Å². The molecular weight excluding hydrogens is 461 g/mol. The summed E-state index contributed by atoms with van der Waals surface area (Å²) >= 11 is 1.69. The lowest BCUT2D eigenvalue weighted by molar-refractivity contribution is -0.112. The van der Waals surface area contributed by atoms with Crippen LogP contribution in [0.2, 0.25) is 0 Å². The summed E-state index contributed by atoms with van der Waals surface area (Å²) in [6.45, 7) is 4.13. The molecule has 2 aliphatic carbocycles. The van der Waals surface area contributed by atoms with Crippen molar-refractivity contribution < 1.29 is 18.7 Å². The highest BCUT2D eigenvalue weighted by Crippen LogP contribution is 2.56. The van der Waals surface area contributed by atoms with Gasteiger partial charge in [0, 0.05) is 29.0 Å². The van der Waals surface area contributed by atoms with Gasteiger partial charge in [-0.3, -0.25) is 4.79 Å². The molecule has 0 unspecified atom stereocenters. The molecule has 2 aliphatic rings. The van der Waals surface area contributed by atoms with Crippen LogP contribution in [-0.2, 0) is 11.2 Å². The summed E-state index contributed by atoms with van der Waals surface area (Å²) in [5.41, 5.74) is 5.15. The molecule has 1 spiro atoms. The largest absolute Gasteiger partial charge is 0.497 e. The molecule has 1 aromatic heterocycles. The van der Waals surface area contributed by atoms with Crippen LogP contribution in [0.15, 0.2) is 42.5 Å². The van der Waals surface area contributed by atoms with Crippen LogP contribution in [0.4, 0.5) is 4.39 Å². The Balaban J connectivity index is 1.28. The van der Waals surface area contributed by atoms with Crippen molar-refractivity contribution in [1.82, 2.24) is 5.32 Å². The van der Waals surface area contributed by atoms with E-state index in [9.17, 15) is 9.18 Å². The minimum atomic E-state index is -0.323. The van der Waals surface area contributed by atoms with Crippen LogP contribution in [0, 0.1) is 25.1 Å². The third-order valence-corrected chi connectivity index (χ3v) is 8.80. The van der Waals surface area contributed by atoms with E-state index >= 15 is 0 Å². The lowest BCUT2D eigenvalue weighted by Crippen LogP contribution is -2.58. The number of rotatable bonds is 7. The molecule has 4 nitrogen and oxygen atoms in total. The first-order valence-electron chi connectivity index (χ1n) is 12.2. The summed E-state index contributed by atoms with van der Waals surface area (Å²) < 4.78 is 24.6. The maximum Gasteiger partial charge on any atom is 0.252 e. The summed E-state index contributed by atoms with van der Waals surface area (Å²) in [5.74, 6) is 0.224. The van der Waals surface area contributed by atoms with Gasteiger partial charge in [-0.2, -0.15) is 0 Å². The van der Waals surface area contributed by atoms with E-state index in [0.717, 1.165) is 58.4 Å².